The second-order valence-corrected chi connectivity index (χ2v) is 3.77. The van der Waals surface area contributed by atoms with E-state index in [2.05, 4.69) is 9.17 Å². The first-order chi connectivity index (χ1) is 6.42. The van der Waals surface area contributed by atoms with E-state index in [1.54, 1.807) is 13.0 Å². The molecule has 1 aromatic rings. The molecular formula is C8H11NO4S. The fourth-order valence-corrected chi connectivity index (χ4v) is 1.40. The van der Waals surface area contributed by atoms with Gasteiger partial charge >= 0.3 is 10.4 Å². The van der Waals surface area contributed by atoms with Crippen molar-refractivity contribution in [2.45, 2.75) is 20.3 Å². The van der Waals surface area contributed by atoms with Crippen LogP contribution in [-0.4, -0.2) is 18.0 Å². The number of nitrogens with zero attached hydrogens (tertiary/aromatic N) is 1. The highest BCUT2D eigenvalue weighted by atomic mass is 32.3. The standard InChI is InChI=1S/C8H11NO4S/c1-3-7-4-5-8(6(2)9-7)13-14(10,11)12/h4-5H,3H2,1-2H3,(H,10,11,12). The predicted octanol–water partition coefficient (Wildman–Crippen LogP) is 1.13. The summed E-state index contributed by atoms with van der Waals surface area (Å²) in [4.78, 5) is 4.08. The van der Waals surface area contributed by atoms with Gasteiger partial charge < -0.3 is 4.18 Å². The minimum Gasteiger partial charge on any atom is -0.360 e. The Labute approximate surface area is 82.7 Å². The van der Waals surface area contributed by atoms with Crippen LogP contribution in [0.5, 0.6) is 5.75 Å². The van der Waals surface area contributed by atoms with Crippen LogP contribution in [0.25, 0.3) is 0 Å². The first-order valence-corrected chi connectivity index (χ1v) is 5.42. The van der Waals surface area contributed by atoms with E-state index in [1.165, 1.54) is 6.07 Å². The maximum absolute atomic E-state index is 10.4. The molecule has 0 unspecified atom stereocenters. The molecule has 1 rings (SSSR count). The summed E-state index contributed by atoms with van der Waals surface area (Å²) in [5.74, 6) is 0.0460. The van der Waals surface area contributed by atoms with Crippen molar-refractivity contribution in [3.8, 4) is 5.75 Å². The van der Waals surface area contributed by atoms with Gasteiger partial charge in [-0.25, -0.2) is 0 Å². The van der Waals surface area contributed by atoms with Gasteiger partial charge in [0.2, 0.25) is 0 Å². The summed E-state index contributed by atoms with van der Waals surface area (Å²) >= 11 is 0. The molecule has 0 aliphatic rings. The molecule has 14 heavy (non-hydrogen) atoms. The lowest BCUT2D eigenvalue weighted by atomic mass is 10.2. The third kappa shape index (κ3) is 2.97. The van der Waals surface area contributed by atoms with Gasteiger partial charge in [0.05, 0.1) is 5.69 Å². The first-order valence-electron chi connectivity index (χ1n) is 4.06. The largest absolute Gasteiger partial charge is 0.446 e. The molecule has 0 spiro atoms. The van der Waals surface area contributed by atoms with E-state index in [-0.39, 0.29) is 5.75 Å². The highest BCUT2D eigenvalue weighted by Gasteiger charge is 2.10. The molecule has 1 heterocycles. The van der Waals surface area contributed by atoms with Gasteiger partial charge in [-0.2, -0.15) is 8.42 Å². The average molecular weight is 217 g/mol. The highest BCUT2D eigenvalue weighted by molar-refractivity contribution is 7.81. The number of rotatable bonds is 3. The van der Waals surface area contributed by atoms with E-state index in [0.29, 0.717) is 5.69 Å². The molecule has 0 bridgehead atoms. The summed E-state index contributed by atoms with van der Waals surface area (Å²) in [6.45, 7) is 3.55. The number of aromatic nitrogens is 1. The van der Waals surface area contributed by atoms with Gasteiger partial charge in [0.15, 0.2) is 5.75 Å². The Balaban J connectivity index is 3.01. The molecule has 0 saturated heterocycles. The van der Waals surface area contributed by atoms with Crippen LogP contribution in [0.15, 0.2) is 12.1 Å². The Morgan fingerprint density at radius 2 is 2.14 bits per heavy atom. The van der Waals surface area contributed by atoms with Crippen molar-refractivity contribution in [1.29, 1.82) is 0 Å². The topological polar surface area (TPSA) is 76.5 Å². The second-order valence-electron chi connectivity index (χ2n) is 2.75. The summed E-state index contributed by atoms with van der Waals surface area (Å²) in [6.07, 6.45) is 0.757. The zero-order chi connectivity index (χ0) is 10.8. The lowest BCUT2D eigenvalue weighted by Crippen LogP contribution is -2.08. The summed E-state index contributed by atoms with van der Waals surface area (Å²) in [6, 6.07) is 3.11. The molecule has 0 saturated carbocycles. The number of aryl methyl sites for hydroxylation is 2. The SMILES string of the molecule is CCc1ccc(OS(=O)(=O)O)c(C)n1. The maximum atomic E-state index is 10.4. The zero-order valence-corrected chi connectivity index (χ0v) is 8.71. The van der Waals surface area contributed by atoms with Gasteiger partial charge in [-0.15, -0.1) is 0 Å². The van der Waals surface area contributed by atoms with Crippen LogP contribution in [0.3, 0.4) is 0 Å². The van der Waals surface area contributed by atoms with Crippen LogP contribution in [-0.2, 0) is 16.8 Å². The number of hydrogen-bond donors (Lipinski definition) is 1. The Morgan fingerprint density at radius 3 is 2.57 bits per heavy atom. The molecule has 5 nitrogen and oxygen atoms in total. The van der Waals surface area contributed by atoms with E-state index in [0.717, 1.165) is 12.1 Å². The van der Waals surface area contributed by atoms with Gasteiger partial charge in [-0.05, 0) is 25.5 Å². The van der Waals surface area contributed by atoms with Gasteiger partial charge in [-0.3, -0.25) is 9.54 Å². The van der Waals surface area contributed by atoms with Crippen LogP contribution < -0.4 is 4.18 Å². The number of pyridine rings is 1. The van der Waals surface area contributed by atoms with E-state index >= 15 is 0 Å². The quantitative estimate of drug-likeness (QED) is 0.768. The molecule has 0 fully saturated rings. The van der Waals surface area contributed by atoms with Crippen molar-refractivity contribution in [1.82, 2.24) is 4.98 Å². The predicted molar refractivity (Wildman–Crippen MR) is 50.5 cm³/mol. The molecule has 0 aromatic carbocycles. The number of hydrogen-bond acceptors (Lipinski definition) is 4. The fraction of sp³-hybridized carbons (Fsp3) is 0.375. The molecule has 1 aromatic heterocycles. The highest BCUT2D eigenvalue weighted by Crippen LogP contribution is 2.17. The third-order valence-electron chi connectivity index (χ3n) is 1.65. The average Bonchev–Trinajstić information content (AvgIpc) is 2.06. The summed E-state index contributed by atoms with van der Waals surface area (Å²) in [5.41, 5.74) is 1.27. The monoisotopic (exact) mass is 217 g/mol. The van der Waals surface area contributed by atoms with Gasteiger partial charge in [0.1, 0.15) is 0 Å². The molecule has 0 radical (unpaired) electrons. The smallest absolute Gasteiger partial charge is 0.360 e. The third-order valence-corrected chi connectivity index (χ3v) is 2.04. The van der Waals surface area contributed by atoms with Crippen LogP contribution in [0.2, 0.25) is 0 Å². The molecule has 6 heteroatoms. The van der Waals surface area contributed by atoms with E-state index in [9.17, 15) is 8.42 Å². The minimum atomic E-state index is -4.46. The van der Waals surface area contributed by atoms with Crippen LogP contribution in [0.1, 0.15) is 18.3 Å². The van der Waals surface area contributed by atoms with Crippen LogP contribution >= 0.6 is 0 Å². The maximum Gasteiger partial charge on any atom is 0.446 e. The van der Waals surface area contributed by atoms with E-state index < -0.39 is 10.4 Å². The van der Waals surface area contributed by atoms with E-state index in [1.807, 2.05) is 6.92 Å². The summed E-state index contributed by atoms with van der Waals surface area (Å²) in [7, 11) is -4.46. The van der Waals surface area contributed by atoms with Gasteiger partial charge in [-0.1, -0.05) is 6.92 Å². The van der Waals surface area contributed by atoms with Gasteiger partial charge in [0, 0.05) is 5.69 Å². The first kappa shape index (κ1) is 10.9. The van der Waals surface area contributed by atoms with Crippen molar-refractivity contribution in [2.24, 2.45) is 0 Å². The van der Waals surface area contributed by atoms with Gasteiger partial charge in [0.25, 0.3) is 0 Å². The molecular weight excluding hydrogens is 206 g/mol. The summed E-state index contributed by atoms with van der Waals surface area (Å²) < 4.78 is 33.6. The molecule has 0 aliphatic carbocycles. The van der Waals surface area contributed by atoms with Crippen molar-refractivity contribution < 1.29 is 17.2 Å². The molecule has 0 amide bonds. The van der Waals surface area contributed by atoms with Crippen molar-refractivity contribution in [3.63, 3.8) is 0 Å². The van der Waals surface area contributed by atoms with Crippen LogP contribution in [0.4, 0.5) is 0 Å². The Morgan fingerprint density at radius 1 is 1.50 bits per heavy atom. The van der Waals surface area contributed by atoms with Crippen molar-refractivity contribution in [2.75, 3.05) is 0 Å². The van der Waals surface area contributed by atoms with Crippen molar-refractivity contribution >= 4 is 10.4 Å². The Kier molecular flexibility index (Phi) is 3.07. The lowest BCUT2D eigenvalue weighted by Gasteiger charge is -2.05. The molecule has 78 valence electrons. The minimum absolute atomic E-state index is 0.0460. The fourth-order valence-electron chi connectivity index (χ4n) is 0.999. The van der Waals surface area contributed by atoms with E-state index in [4.69, 9.17) is 4.55 Å². The lowest BCUT2D eigenvalue weighted by molar-refractivity contribution is 0.385. The Hall–Kier alpha value is -1.14. The molecule has 1 N–H and O–H groups in total. The second kappa shape index (κ2) is 3.93. The molecule has 0 aliphatic heterocycles. The summed E-state index contributed by atoms with van der Waals surface area (Å²) in [5, 5.41) is 0. The molecule has 0 atom stereocenters. The normalized spacial score (nSPS) is 11.4. The van der Waals surface area contributed by atoms with Crippen molar-refractivity contribution in [3.05, 3.63) is 23.5 Å². The Bertz CT molecular complexity index is 427. The zero-order valence-electron chi connectivity index (χ0n) is 7.89. The van der Waals surface area contributed by atoms with Crippen LogP contribution in [0, 0.1) is 6.92 Å².